The number of carbonyl (C=O) groups excluding carboxylic acids is 1. The van der Waals surface area contributed by atoms with E-state index in [9.17, 15) is 4.79 Å². The molecule has 0 N–H and O–H groups in total. The largest absolute Gasteiger partial charge is 0.461 e. The van der Waals surface area contributed by atoms with Crippen molar-refractivity contribution < 1.29 is 9.53 Å². The van der Waals surface area contributed by atoms with Gasteiger partial charge in [0.1, 0.15) is 6.61 Å². The molecule has 0 radical (unpaired) electrons. The molecule has 0 heterocycles. The molecule has 0 spiro atoms. The van der Waals surface area contributed by atoms with Gasteiger partial charge in [-0.15, -0.1) is 0 Å². The number of hydrogen-bond donors (Lipinski definition) is 1. The van der Waals surface area contributed by atoms with Gasteiger partial charge in [-0.1, -0.05) is 24.3 Å². The van der Waals surface area contributed by atoms with Crippen LogP contribution < -0.4 is 0 Å². The number of benzene rings is 1. The van der Waals surface area contributed by atoms with Crippen molar-refractivity contribution in [2.45, 2.75) is 19.3 Å². The average Bonchev–Trinajstić information content (AvgIpc) is 2.15. The molecule has 0 aliphatic carbocycles. The van der Waals surface area contributed by atoms with Gasteiger partial charge in [-0.3, -0.25) is 4.79 Å². The lowest BCUT2D eigenvalue weighted by Crippen LogP contribution is -1.98. The van der Waals surface area contributed by atoms with Crippen molar-refractivity contribution in [1.82, 2.24) is 0 Å². The fourth-order valence-corrected chi connectivity index (χ4v) is 1.14. The molecular weight excluding hydrogens is 184 g/mol. The van der Waals surface area contributed by atoms with E-state index < -0.39 is 0 Å². The van der Waals surface area contributed by atoms with E-state index in [2.05, 4.69) is 12.6 Å². The summed E-state index contributed by atoms with van der Waals surface area (Å²) < 4.78 is 4.84. The van der Waals surface area contributed by atoms with E-state index in [4.69, 9.17) is 4.74 Å². The van der Waals surface area contributed by atoms with E-state index in [1.165, 1.54) is 6.92 Å². The molecule has 3 heteroatoms. The van der Waals surface area contributed by atoms with Crippen molar-refractivity contribution in [2.75, 3.05) is 0 Å². The van der Waals surface area contributed by atoms with Crippen molar-refractivity contribution in [1.29, 1.82) is 0 Å². The Balaban J connectivity index is 2.54. The molecule has 0 aromatic heterocycles. The summed E-state index contributed by atoms with van der Waals surface area (Å²) in [5.74, 6) is 0.478. The Hall–Kier alpha value is -0.960. The molecule has 0 saturated heterocycles. The smallest absolute Gasteiger partial charge is 0.302 e. The molecule has 1 aromatic carbocycles. The van der Waals surface area contributed by atoms with Crippen molar-refractivity contribution in [3.8, 4) is 0 Å². The zero-order valence-corrected chi connectivity index (χ0v) is 8.38. The second-order valence-corrected chi connectivity index (χ2v) is 3.07. The van der Waals surface area contributed by atoms with Gasteiger partial charge < -0.3 is 4.74 Å². The quantitative estimate of drug-likeness (QED) is 0.592. The molecule has 0 aliphatic rings. The topological polar surface area (TPSA) is 26.3 Å². The minimum atomic E-state index is -0.252. The summed E-state index contributed by atoms with van der Waals surface area (Å²) >= 11 is 4.14. The maximum atomic E-state index is 10.5. The summed E-state index contributed by atoms with van der Waals surface area (Å²) in [6.45, 7) is 1.75. The molecule has 0 unspecified atom stereocenters. The summed E-state index contributed by atoms with van der Waals surface area (Å²) in [5, 5.41) is 0. The summed E-state index contributed by atoms with van der Waals surface area (Å²) in [6.07, 6.45) is 0. The second kappa shape index (κ2) is 4.92. The Labute approximate surface area is 83.3 Å². The minimum absolute atomic E-state index is 0.252. The number of thiol groups is 1. The summed E-state index contributed by atoms with van der Waals surface area (Å²) in [7, 11) is 0. The van der Waals surface area contributed by atoms with Gasteiger partial charge in [-0.25, -0.2) is 0 Å². The summed E-state index contributed by atoms with van der Waals surface area (Å²) in [6, 6.07) is 7.83. The van der Waals surface area contributed by atoms with Gasteiger partial charge in [0.15, 0.2) is 0 Å². The number of carbonyl (C=O) groups is 1. The number of rotatable bonds is 3. The third-order valence-corrected chi connectivity index (χ3v) is 2.01. The van der Waals surface area contributed by atoms with E-state index in [0.717, 1.165) is 16.9 Å². The molecule has 13 heavy (non-hydrogen) atoms. The van der Waals surface area contributed by atoms with E-state index in [1.54, 1.807) is 0 Å². The van der Waals surface area contributed by atoms with E-state index in [-0.39, 0.29) is 5.97 Å². The Kier molecular flexibility index (Phi) is 3.83. The van der Waals surface area contributed by atoms with Crippen molar-refractivity contribution >= 4 is 18.6 Å². The van der Waals surface area contributed by atoms with Crippen molar-refractivity contribution in [2.24, 2.45) is 0 Å². The standard InChI is InChI=1S/C10H12O2S/c1-8(11)12-6-9-2-4-10(7-13)5-3-9/h2-5,13H,6-7H2,1H3. The summed E-state index contributed by atoms with van der Waals surface area (Å²) in [5.41, 5.74) is 2.16. The first-order chi connectivity index (χ1) is 6.22. The number of hydrogen-bond acceptors (Lipinski definition) is 3. The van der Waals surface area contributed by atoms with E-state index in [1.807, 2.05) is 24.3 Å². The highest BCUT2D eigenvalue weighted by molar-refractivity contribution is 7.79. The van der Waals surface area contributed by atoms with Crippen LogP contribution in [0.4, 0.5) is 0 Å². The normalized spacial score (nSPS) is 9.69. The molecule has 0 atom stereocenters. The molecule has 1 aromatic rings. The Morgan fingerprint density at radius 3 is 2.31 bits per heavy atom. The lowest BCUT2D eigenvalue weighted by Gasteiger charge is -2.02. The molecule has 0 fully saturated rings. The molecule has 0 aliphatic heterocycles. The average molecular weight is 196 g/mol. The van der Waals surface area contributed by atoms with Crippen LogP contribution in [0.2, 0.25) is 0 Å². The van der Waals surface area contributed by atoms with Crippen LogP contribution in [-0.4, -0.2) is 5.97 Å². The van der Waals surface area contributed by atoms with Crippen LogP contribution in [0.15, 0.2) is 24.3 Å². The predicted octanol–water partition coefficient (Wildman–Crippen LogP) is 2.18. The van der Waals surface area contributed by atoms with Crippen LogP contribution in [0.5, 0.6) is 0 Å². The van der Waals surface area contributed by atoms with Crippen LogP contribution >= 0.6 is 12.6 Å². The first-order valence-corrected chi connectivity index (χ1v) is 4.67. The zero-order chi connectivity index (χ0) is 9.68. The molecule has 0 bridgehead atoms. The molecule has 2 nitrogen and oxygen atoms in total. The maximum Gasteiger partial charge on any atom is 0.302 e. The predicted molar refractivity (Wildman–Crippen MR) is 54.6 cm³/mol. The van der Waals surface area contributed by atoms with Crippen LogP contribution in [0.25, 0.3) is 0 Å². The monoisotopic (exact) mass is 196 g/mol. The van der Waals surface area contributed by atoms with Crippen LogP contribution in [0.1, 0.15) is 18.1 Å². The molecule has 0 saturated carbocycles. The molecule has 1 rings (SSSR count). The lowest BCUT2D eigenvalue weighted by atomic mass is 10.2. The second-order valence-electron chi connectivity index (χ2n) is 2.75. The van der Waals surface area contributed by atoms with Crippen molar-refractivity contribution in [3.63, 3.8) is 0 Å². The van der Waals surface area contributed by atoms with E-state index >= 15 is 0 Å². The van der Waals surface area contributed by atoms with Gasteiger partial charge in [-0.2, -0.15) is 12.6 Å². The van der Waals surface area contributed by atoms with Crippen molar-refractivity contribution in [3.05, 3.63) is 35.4 Å². The highest BCUT2D eigenvalue weighted by Crippen LogP contribution is 2.07. The zero-order valence-electron chi connectivity index (χ0n) is 7.49. The Morgan fingerprint density at radius 2 is 1.85 bits per heavy atom. The van der Waals surface area contributed by atoms with Gasteiger partial charge in [0, 0.05) is 12.7 Å². The highest BCUT2D eigenvalue weighted by Gasteiger charge is 1.95. The van der Waals surface area contributed by atoms with Gasteiger partial charge in [0.05, 0.1) is 0 Å². The third kappa shape index (κ3) is 3.51. The number of esters is 1. The third-order valence-electron chi connectivity index (χ3n) is 1.65. The number of ether oxygens (including phenoxy) is 1. The minimum Gasteiger partial charge on any atom is -0.461 e. The molecule has 0 amide bonds. The Morgan fingerprint density at radius 1 is 1.31 bits per heavy atom. The summed E-state index contributed by atoms with van der Waals surface area (Å²) in [4.78, 5) is 10.5. The fraction of sp³-hybridized carbons (Fsp3) is 0.300. The van der Waals surface area contributed by atoms with Gasteiger partial charge >= 0.3 is 5.97 Å². The van der Waals surface area contributed by atoms with Gasteiger partial charge in [0.25, 0.3) is 0 Å². The fourth-order valence-electron chi connectivity index (χ4n) is 0.926. The highest BCUT2D eigenvalue weighted by atomic mass is 32.1. The SMILES string of the molecule is CC(=O)OCc1ccc(CS)cc1. The van der Waals surface area contributed by atoms with Crippen LogP contribution in [0, 0.1) is 0 Å². The lowest BCUT2D eigenvalue weighted by molar-refractivity contribution is -0.142. The Bertz CT molecular complexity index is 279. The van der Waals surface area contributed by atoms with E-state index in [0.29, 0.717) is 6.61 Å². The first-order valence-electron chi connectivity index (χ1n) is 4.04. The maximum absolute atomic E-state index is 10.5. The molecular formula is C10H12O2S. The first kappa shape index (κ1) is 10.1. The van der Waals surface area contributed by atoms with Crippen LogP contribution in [-0.2, 0) is 21.9 Å². The molecule has 70 valence electrons. The van der Waals surface area contributed by atoms with Crippen LogP contribution in [0.3, 0.4) is 0 Å². The van der Waals surface area contributed by atoms with Gasteiger partial charge in [0.2, 0.25) is 0 Å². The van der Waals surface area contributed by atoms with Gasteiger partial charge in [-0.05, 0) is 11.1 Å².